The van der Waals surface area contributed by atoms with E-state index < -0.39 is 5.92 Å². The molecule has 0 unspecified atom stereocenters. The highest BCUT2D eigenvalue weighted by atomic mass is 79.9. The summed E-state index contributed by atoms with van der Waals surface area (Å²) in [6.07, 6.45) is 0.198. The molecule has 0 radical (unpaired) electrons. The Balaban J connectivity index is 1.48. The van der Waals surface area contributed by atoms with Gasteiger partial charge in [-0.15, -0.1) is 0 Å². The van der Waals surface area contributed by atoms with Crippen molar-refractivity contribution in [2.45, 2.75) is 13.3 Å². The summed E-state index contributed by atoms with van der Waals surface area (Å²) in [5.74, 6) is -0.0352. The predicted octanol–water partition coefficient (Wildman–Crippen LogP) is 3.89. The molecule has 1 N–H and O–H groups in total. The van der Waals surface area contributed by atoms with Crippen molar-refractivity contribution >= 4 is 50.2 Å². The summed E-state index contributed by atoms with van der Waals surface area (Å²) < 4.78 is 6.33. The van der Waals surface area contributed by atoms with E-state index in [1.165, 1.54) is 0 Å². The largest absolute Gasteiger partial charge is 0.441 e. The molecule has 1 aliphatic heterocycles. The van der Waals surface area contributed by atoms with Crippen LogP contribution in [0.25, 0.3) is 11.1 Å². The molecule has 3 aromatic rings. The Bertz CT molecular complexity index is 1010. The number of hydrogen-bond acceptors (Lipinski definition) is 4. The lowest BCUT2D eigenvalue weighted by molar-refractivity contribution is -0.122. The highest BCUT2D eigenvalue weighted by Crippen LogP contribution is 2.28. The number of carbonyl (C=O) groups is 2. The van der Waals surface area contributed by atoms with Gasteiger partial charge in [0.15, 0.2) is 11.5 Å². The van der Waals surface area contributed by atoms with Gasteiger partial charge >= 0.3 is 0 Å². The predicted molar refractivity (Wildman–Crippen MR) is 102 cm³/mol. The minimum Gasteiger partial charge on any atom is -0.441 e. The average molecular weight is 414 g/mol. The number of nitrogens with zero attached hydrogens (tertiary/aromatic N) is 2. The number of aryl methyl sites for hydroxylation is 1. The Hall–Kier alpha value is -2.67. The maximum atomic E-state index is 12.6. The Labute approximate surface area is 158 Å². The topological polar surface area (TPSA) is 75.4 Å². The fraction of sp³-hybridized carbons (Fsp3) is 0.211. The molecule has 6 nitrogen and oxygen atoms in total. The zero-order chi connectivity index (χ0) is 18.3. The molecule has 7 heteroatoms. The van der Waals surface area contributed by atoms with Crippen molar-refractivity contribution in [2.24, 2.45) is 5.92 Å². The molecule has 2 amide bonds. The highest BCUT2D eigenvalue weighted by Gasteiger charge is 2.35. The average Bonchev–Trinajstić information content (AvgIpc) is 3.16. The van der Waals surface area contributed by atoms with Crippen LogP contribution in [0.4, 0.5) is 11.4 Å². The number of aromatic nitrogens is 1. The standard InChI is InChI=1S/C19H16BrN3O3/c1-11-21-16-9-14(5-6-17(16)26-11)22-19(25)12-7-18(24)23(10-12)15-4-2-3-13(20)8-15/h2-6,8-9,12H,7,10H2,1H3,(H,22,25)/t12-/m0/s1. The molecule has 4 rings (SSSR count). The lowest BCUT2D eigenvalue weighted by Gasteiger charge is -2.17. The van der Waals surface area contributed by atoms with Crippen molar-refractivity contribution in [3.05, 3.63) is 52.8 Å². The van der Waals surface area contributed by atoms with E-state index >= 15 is 0 Å². The van der Waals surface area contributed by atoms with Crippen molar-refractivity contribution in [3.63, 3.8) is 0 Å². The van der Waals surface area contributed by atoms with Gasteiger partial charge in [0.1, 0.15) is 5.52 Å². The first-order valence-electron chi connectivity index (χ1n) is 8.23. The monoisotopic (exact) mass is 413 g/mol. The molecule has 0 aliphatic carbocycles. The van der Waals surface area contributed by atoms with E-state index in [2.05, 4.69) is 26.2 Å². The number of nitrogens with one attached hydrogen (secondary N) is 1. The fourth-order valence-corrected chi connectivity index (χ4v) is 3.53. The maximum absolute atomic E-state index is 12.6. The van der Waals surface area contributed by atoms with E-state index in [4.69, 9.17) is 4.42 Å². The number of anilines is 2. The van der Waals surface area contributed by atoms with E-state index in [9.17, 15) is 9.59 Å². The van der Waals surface area contributed by atoms with Gasteiger partial charge in [0.25, 0.3) is 0 Å². The number of hydrogen-bond donors (Lipinski definition) is 1. The summed E-state index contributed by atoms with van der Waals surface area (Å²) in [6, 6.07) is 12.8. The summed E-state index contributed by atoms with van der Waals surface area (Å²) in [4.78, 5) is 30.9. The summed E-state index contributed by atoms with van der Waals surface area (Å²) in [5, 5.41) is 2.88. The Morgan fingerprint density at radius 2 is 2.15 bits per heavy atom. The van der Waals surface area contributed by atoms with Crippen molar-refractivity contribution < 1.29 is 14.0 Å². The van der Waals surface area contributed by atoms with Crippen LogP contribution in [0.5, 0.6) is 0 Å². The molecule has 1 atom stereocenters. The molecule has 26 heavy (non-hydrogen) atoms. The summed E-state index contributed by atoms with van der Waals surface area (Å²) in [5.41, 5.74) is 2.80. The van der Waals surface area contributed by atoms with Crippen LogP contribution in [0.3, 0.4) is 0 Å². The molecular weight excluding hydrogens is 398 g/mol. The quantitative estimate of drug-likeness (QED) is 0.706. The minimum absolute atomic E-state index is 0.0502. The zero-order valence-corrected chi connectivity index (χ0v) is 15.6. The van der Waals surface area contributed by atoms with Crippen molar-refractivity contribution in [1.82, 2.24) is 4.98 Å². The van der Waals surface area contributed by atoms with E-state index in [-0.39, 0.29) is 18.2 Å². The third-order valence-corrected chi connectivity index (χ3v) is 4.87. The second-order valence-electron chi connectivity index (χ2n) is 6.29. The van der Waals surface area contributed by atoms with Crippen LogP contribution in [-0.2, 0) is 9.59 Å². The minimum atomic E-state index is -0.392. The maximum Gasteiger partial charge on any atom is 0.229 e. The van der Waals surface area contributed by atoms with Crippen LogP contribution in [-0.4, -0.2) is 23.3 Å². The molecule has 2 heterocycles. The molecule has 0 bridgehead atoms. The number of benzene rings is 2. The van der Waals surface area contributed by atoms with Gasteiger partial charge in [0, 0.05) is 35.7 Å². The molecule has 2 aromatic carbocycles. The summed E-state index contributed by atoms with van der Waals surface area (Å²) in [7, 11) is 0. The van der Waals surface area contributed by atoms with Gasteiger partial charge in [0.2, 0.25) is 11.8 Å². The Kier molecular flexibility index (Phi) is 4.24. The number of rotatable bonds is 3. The molecule has 1 saturated heterocycles. The van der Waals surface area contributed by atoms with Gasteiger partial charge in [-0.05, 0) is 36.4 Å². The summed E-state index contributed by atoms with van der Waals surface area (Å²) >= 11 is 3.41. The number of carbonyl (C=O) groups excluding carboxylic acids is 2. The molecule has 132 valence electrons. The van der Waals surface area contributed by atoms with Gasteiger partial charge in [-0.2, -0.15) is 0 Å². The first kappa shape index (κ1) is 16.8. The second kappa shape index (κ2) is 6.57. The van der Waals surface area contributed by atoms with E-state index in [1.54, 1.807) is 30.0 Å². The van der Waals surface area contributed by atoms with Crippen LogP contribution in [0.15, 0.2) is 51.4 Å². The van der Waals surface area contributed by atoms with Crippen LogP contribution < -0.4 is 10.2 Å². The van der Waals surface area contributed by atoms with E-state index in [0.717, 1.165) is 10.2 Å². The molecular formula is C19H16BrN3O3. The Morgan fingerprint density at radius 3 is 2.96 bits per heavy atom. The van der Waals surface area contributed by atoms with Crippen LogP contribution in [0.1, 0.15) is 12.3 Å². The first-order chi connectivity index (χ1) is 12.5. The smallest absolute Gasteiger partial charge is 0.229 e. The van der Waals surface area contributed by atoms with E-state index in [1.807, 2.05) is 24.3 Å². The van der Waals surface area contributed by atoms with Gasteiger partial charge < -0.3 is 14.6 Å². The first-order valence-corrected chi connectivity index (χ1v) is 9.03. The molecule has 0 spiro atoms. The normalized spacial score (nSPS) is 17.1. The number of halogens is 1. The molecule has 1 fully saturated rings. The van der Waals surface area contributed by atoms with Crippen molar-refractivity contribution in [3.8, 4) is 0 Å². The van der Waals surface area contributed by atoms with Crippen molar-refractivity contribution in [1.29, 1.82) is 0 Å². The van der Waals surface area contributed by atoms with Gasteiger partial charge in [-0.1, -0.05) is 22.0 Å². The van der Waals surface area contributed by atoms with Gasteiger partial charge in [0.05, 0.1) is 5.92 Å². The zero-order valence-electron chi connectivity index (χ0n) is 14.0. The Morgan fingerprint density at radius 1 is 1.31 bits per heavy atom. The lowest BCUT2D eigenvalue weighted by atomic mass is 10.1. The number of fused-ring (bicyclic) bond motifs is 1. The molecule has 0 saturated carbocycles. The van der Waals surface area contributed by atoms with Gasteiger partial charge in [-0.25, -0.2) is 4.98 Å². The number of oxazole rings is 1. The van der Waals surface area contributed by atoms with Crippen LogP contribution in [0, 0.1) is 12.8 Å². The third-order valence-electron chi connectivity index (χ3n) is 4.38. The molecule has 1 aliphatic rings. The SMILES string of the molecule is Cc1nc2cc(NC(=O)[C@H]3CC(=O)N(c4cccc(Br)c4)C3)ccc2o1. The third kappa shape index (κ3) is 3.22. The van der Waals surface area contributed by atoms with Crippen molar-refractivity contribution in [2.75, 3.05) is 16.8 Å². The van der Waals surface area contributed by atoms with Crippen LogP contribution in [0.2, 0.25) is 0 Å². The fourth-order valence-electron chi connectivity index (χ4n) is 3.14. The lowest BCUT2D eigenvalue weighted by Crippen LogP contribution is -2.28. The highest BCUT2D eigenvalue weighted by molar-refractivity contribution is 9.10. The van der Waals surface area contributed by atoms with E-state index in [0.29, 0.717) is 29.2 Å². The second-order valence-corrected chi connectivity index (χ2v) is 7.21. The van der Waals surface area contributed by atoms with Crippen LogP contribution >= 0.6 is 15.9 Å². The van der Waals surface area contributed by atoms with Gasteiger partial charge in [-0.3, -0.25) is 9.59 Å². The summed E-state index contributed by atoms with van der Waals surface area (Å²) in [6.45, 7) is 2.14. The molecule has 1 aromatic heterocycles. The number of amides is 2.